The van der Waals surface area contributed by atoms with Gasteiger partial charge in [0.2, 0.25) is 0 Å². The Morgan fingerprint density at radius 1 is 1.33 bits per heavy atom. The summed E-state index contributed by atoms with van der Waals surface area (Å²) in [5.41, 5.74) is 0. The minimum absolute atomic E-state index is 0.430. The molecule has 2 atom stereocenters. The molecule has 1 aliphatic heterocycles. The Morgan fingerprint density at radius 3 is 2.72 bits per heavy atom. The van der Waals surface area contributed by atoms with Crippen molar-refractivity contribution in [1.82, 2.24) is 10.2 Å². The lowest BCUT2D eigenvalue weighted by Crippen LogP contribution is -2.48. The highest BCUT2D eigenvalue weighted by molar-refractivity contribution is 4.80. The van der Waals surface area contributed by atoms with Crippen LogP contribution in [-0.4, -0.2) is 49.8 Å². The Kier molecular flexibility index (Phi) is 7.87. The summed E-state index contributed by atoms with van der Waals surface area (Å²) in [6.07, 6.45) is 3.95. The molecule has 3 heteroatoms. The maximum Gasteiger partial charge on any atom is 0.0699 e. The number of hydrogen-bond acceptors (Lipinski definition) is 3. The molecule has 1 rings (SSSR count). The highest BCUT2D eigenvalue weighted by atomic mass is 16.5. The molecule has 1 aliphatic rings. The summed E-state index contributed by atoms with van der Waals surface area (Å²) in [6, 6.07) is 0.646. The summed E-state index contributed by atoms with van der Waals surface area (Å²) in [4.78, 5) is 2.65. The second kappa shape index (κ2) is 8.89. The van der Waals surface area contributed by atoms with Crippen LogP contribution >= 0.6 is 0 Å². The Bertz CT molecular complexity index is 209. The van der Waals surface area contributed by atoms with Gasteiger partial charge in [-0.15, -0.1) is 0 Å². The molecule has 0 amide bonds. The Hall–Kier alpha value is -0.120. The van der Waals surface area contributed by atoms with Crippen LogP contribution in [0.25, 0.3) is 0 Å². The van der Waals surface area contributed by atoms with E-state index >= 15 is 0 Å². The molecular formula is C15H32N2O. The molecule has 1 N–H and O–H groups in total. The van der Waals surface area contributed by atoms with E-state index in [-0.39, 0.29) is 0 Å². The van der Waals surface area contributed by atoms with Crippen molar-refractivity contribution in [3.63, 3.8) is 0 Å². The van der Waals surface area contributed by atoms with Crippen molar-refractivity contribution in [2.45, 2.75) is 59.1 Å². The third-order valence-electron chi connectivity index (χ3n) is 3.86. The summed E-state index contributed by atoms with van der Waals surface area (Å²) in [6.45, 7) is 14.6. The summed E-state index contributed by atoms with van der Waals surface area (Å²) in [7, 11) is 0. The molecule has 0 radical (unpaired) electrons. The summed E-state index contributed by atoms with van der Waals surface area (Å²) in [5.74, 6) is 0.699. The van der Waals surface area contributed by atoms with Gasteiger partial charge < -0.3 is 10.1 Å². The lowest BCUT2D eigenvalue weighted by molar-refractivity contribution is 0.0408. The van der Waals surface area contributed by atoms with Crippen molar-refractivity contribution < 1.29 is 4.74 Å². The van der Waals surface area contributed by atoms with Crippen molar-refractivity contribution in [2.24, 2.45) is 5.92 Å². The fourth-order valence-electron chi connectivity index (χ4n) is 2.68. The smallest absolute Gasteiger partial charge is 0.0699 e. The van der Waals surface area contributed by atoms with Gasteiger partial charge in [0.15, 0.2) is 0 Å². The third kappa shape index (κ3) is 5.25. The highest BCUT2D eigenvalue weighted by Crippen LogP contribution is 2.16. The lowest BCUT2D eigenvalue weighted by atomic mass is 10.0. The van der Waals surface area contributed by atoms with E-state index in [2.05, 4.69) is 37.9 Å². The quantitative estimate of drug-likeness (QED) is 0.708. The average molecular weight is 256 g/mol. The average Bonchev–Trinajstić information content (AvgIpc) is 2.59. The van der Waals surface area contributed by atoms with Crippen molar-refractivity contribution in [2.75, 3.05) is 32.8 Å². The van der Waals surface area contributed by atoms with Gasteiger partial charge in [-0.05, 0) is 31.7 Å². The molecule has 1 heterocycles. The molecule has 0 aromatic rings. The molecule has 0 spiro atoms. The molecule has 3 nitrogen and oxygen atoms in total. The number of nitrogens with one attached hydrogen (secondary N) is 1. The van der Waals surface area contributed by atoms with E-state index < -0.39 is 0 Å². The molecule has 2 unspecified atom stereocenters. The first kappa shape index (κ1) is 15.9. The monoisotopic (exact) mass is 256 g/mol. The SMILES string of the molecule is CCCNCC(C(C)C)N1CCCOC(CC)C1. The van der Waals surface area contributed by atoms with Gasteiger partial charge in [0, 0.05) is 32.3 Å². The van der Waals surface area contributed by atoms with E-state index in [1.54, 1.807) is 0 Å². The number of hydrogen-bond donors (Lipinski definition) is 1. The lowest BCUT2D eigenvalue weighted by Gasteiger charge is -2.35. The molecule has 0 aromatic carbocycles. The summed E-state index contributed by atoms with van der Waals surface area (Å²) >= 11 is 0. The van der Waals surface area contributed by atoms with Gasteiger partial charge in [0.05, 0.1) is 6.10 Å². The fraction of sp³-hybridized carbons (Fsp3) is 1.00. The highest BCUT2D eigenvalue weighted by Gasteiger charge is 2.25. The Balaban J connectivity index is 2.53. The second-order valence-corrected chi connectivity index (χ2v) is 5.77. The molecule has 1 saturated heterocycles. The first-order valence-corrected chi connectivity index (χ1v) is 7.75. The van der Waals surface area contributed by atoms with Crippen LogP contribution in [0, 0.1) is 5.92 Å². The van der Waals surface area contributed by atoms with Gasteiger partial charge in [-0.25, -0.2) is 0 Å². The van der Waals surface area contributed by atoms with E-state index in [4.69, 9.17) is 4.74 Å². The molecular weight excluding hydrogens is 224 g/mol. The largest absolute Gasteiger partial charge is 0.377 e. The minimum atomic E-state index is 0.430. The van der Waals surface area contributed by atoms with E-state index in [0.717, 1.165) is 32.7 Å². The Morgan fingerprint density at radius 2 is 2.11 bits per heavy atom. The minimum Gasteiger partial charge on any atom is -0.377 e. The third-order valence-corrected chi connectivity index (χ3v) is 3.86. The van der Waals surface area contributed by atoms with Crippen LogP contribution in [0.3, 0.4) is 0 Å². The van der Waals surface area contributed by atoms with Gasteiger partial charge >= 0.3 is 0 Å². The van der Waals surface area contributed by atoms with Gasteiger partial charge in [0.25, 0.3) is 0 Å². The number of nitrogens with zero attached hydrogens (tertiary/aromatic N) is 1. The zero-order valence-corrected chi connectivity index (χ0v) is 12.7. The maximum absolute atomic E-state index is 5.88. The van der Waals surface area contributed by atoms with Gasteiger partial charge in [-0.3, -0.25) is 4.90 Å². The van der Waals surface area contributed by atoms with Gasteiger partial charge in [-0.1, -0.05) is 27.7 Å². The summed E-state index contributed by atoms with van der Waals surface area (Å²) < 4.78 is 5.88. The number of ether oxygens (including phenoxy) is 1. The van der Waals surface area contributed by atoms with Crippen LogP contribution in [-0.2, 0) is 4.74 Å². The predicted molar refractivity (Wildman–Crippen MR) is 78.0 cm³/mol. The predicted octanol–water partition coefficient (Wildman–Crippen LogP) is 2.51. The van der Waals surface area contributed by atoms with Gasteiger partial charge in [-0.2, -0.15) is 0 Å². The zero-order valence-electron chi connectivity index (χ0n) is 12.7. The van der Waals surface area contributed by atoms with Crippen molar-refractivity contribution >= 4 is 0 Å². The first-order chi connectivity index (χ1) is 8.69. The Labute approximate surface area is 113 Å². The van der Waals surface area contributed by atoms with Gasteiger partial charge in [0.1, 0.15) is 0 Å². The van der Waals surface area contributed by atoms with Crippen LogP contribution in [0.5, 0.6) is 0 Å². The van der Waals surface area contributed by atoms with Crippen molar-refractivity contribution in [3.8, 4) is 0 Å². The van der Waals surface area contributed by atoms with E-state index in [1.165, 1.54) is 19.4 Å². The molecule has 0 saturated carbocycles. The normalized spacial score (nSPS) is 24.2. The number of rotatable bonds is 7. The molecule has 18 heavy (non-hydrogen) atoms. The topological polar surface area (TPSA) is 24.5 Å². The maximum atomic E-state index is 5.88. The molecule has 0 aromatic heterocycles. The standard InChI is InChI=1S/C15H32N2O/c1-5-8-16-11-15(13(3)4)17-9-7-10-18-14(6-2)12-17/h13-16H,5-12H2,1-4H3. The summed E-state index contributed by atoms with van der Waals surface area (Å²) in [5, 5.41) is 3.58. The van der Waals surface area contributed by atoms with E-state index in [0.29, 0.717) is 18.1 Å². The second-order valence-electron chi connectivity index (χ2n) is 5.77. The van der Waals surface area contributed by atoms with E-state index in [1.807, 2.05) is 0 Å². The van der Waals surface area contributed by atoms with Crippen LogP contribution in [0.15, 0.2) is 0 Å². The van der Waals surface area contributed by atoms with Crippen LogP contribution in [0.2, 0.25) is 0 Å². The van der Waals surface area contributed by atoms with Crippen LogP contribution < -0.4 is 5.32 Å². The van der Waals surface area contributed by atoms with Crippen molar-refractivity contribution in [3.05, 3.63) is 0 Å². The first-order valence-electron chi connectivity index (χ1n) is 7.75. The van der Waals surface area contributed by atoms with Crippen molar-refractivity contribution in [1.29, 1.82) is 0 Å². The fourth-order valence-corrected chi connectivity index (χ4v) is 2.68. The zero-order chi connectivity index (χ0) is 13.4. The van der Waals surface area contributed by atoms with E-state index in [9.17, 15) is 0 Å². The van der Waals surface area contributed by atoms with Crippen LogP contribution in [0.4, 0.5) is 0 Å². The van der Waals surface area contributed by atoms with Crippen LogP contribution in [0.1, 0.15) is 47.0 Å². The molecule has 0 bridgehead atoms. The molecule has 1 fully saturated rings. The molecule has 108 valence electrons. The molecule has 0 aliphatic carbocycles.